The molecule has 0 aliphatic rings. The summed E-state index contributed by atoms with van der Waals surface area (Å²) in [7, 11) is 3.84. The van der Waals surface area contributed by atoms with Crippen LogP contribution in [-0.2, 0) is 17.5 Å². The van der Waals surface area contributed by atoms with Crippen LogP contribution in [0.2, 0.25) is 5.02 Å². The predicted octanol–water partition coefficient (Wildman–Crippen LogP) is 5.87. The van der Waals surface area contributed by atoms with Gasteiger partial charge in [-0.05, 0) is 56.6 Å². The van der Waals surface area contributed by atoms with Crippen molar-refractivity contribution in [1.29, 1.82) is 0 Å². The van der Waals surface area contributed by atoms with Gasteiger partial charge < -0.3 is 24.8 Å². The summed E-state index contributed by atoms with van der Waals surface area (Å²) >= 11 is 6.38. The van der Waals surface area contributed by atoms with Gasteiger partial charge in [0.1, 0.15) is 23.3 Å². The number of hydrogen-bond acceptors (Lipinski definition) is 6. The van der Waals surface area contributed by atoms with Crippen molar-refractivity contribution >= 4 is 40.0 Å². The van der Waals surface area contributed by atoms with Crippen molar-refractivity contribution in [3.8, 4) is 11.5 Å². The monoisotopic (exact) mass is 558 g/mol. The molecular weight excluding hydrogens is 533 g/mol. The first-order chi connectivity index (χ1) is 18.6. The number of alkyl halides is 3. The zero-order valence-electron chi connectivity index (χ0n) is 21.2. The van der Waals surface area contributed by atoms with E-state index in [0.29, 0.717) is 36.7 Å². The number of amides is 1. The molecule has 2 aromatic heterocycles. The Morgan fingerprint density at radius 1 is 1.15 bits per heavy atom. The largest absolute Gasteiger partial charge is 0.456 e. The normalized spacial score (nSPS) is 11.9. The number of fused-ring (bicyclic) bond motifs is 1. The van der Waals surface area contributed by atoms with E-state index in [0.717, 1.165) is 17.6 Å². The first-order valence-corrected chi connectivity index (χ1v) is 12.3. The number of aromatic nitrogens is 3. The van der Waals surface area contributed by atoms with Gasteiger partial charge in [0.2, 0.25) is 5.91 Å². The number of halogens is 4. The number of likely N-dealkylation sites (N-methyl/N-ethyl adjacent to an activating group) is 1. The number of carbonyl (C=O) groups excluding carboxylic acids is 1. The molecule has 0 aliphatic carbocycles. The molecule has 12 heteroatoms. The molecule has 2 N–H and O–H groups in total. The van der Waals surface area contributed by atoms with Crippen LogP contribution in [0, 0.1) is 0 Å². The first kappa shape index (κ1) is 27.9. The van der Waals surface area contributed by atoms with Gasteiger partial charge in [0.15, 0.2) is 5.82 Å². The van der Waals surface area contributed by atoms with Gasteiger partial charge in [-0.1, -0.05) is 23.7 Å². The second kappa shape index (κ2) is 12.2. The van der Waals surface area contributed by atoms with Crippen LogP contribution in [0.5, 0.6) is 11.5 Å². The van der Waals surface area contributed by atoms with E-state index in [2.05, 4.69) is 20.6 Å². The highest BCUT2D eigenvalue weighted by molar-refractivity contribution is 6.32. The zero-order chi connectivity index (χ0) is 28.0. The third kappa shape index (κ3) is 7.49. The van der Waals surface area contributed by atoms with Crippen LogP contribution < -0.4 is 15.4 Å². The average Bonchev–Trinajstić information content (AvgIpc) is 3.29. The van der Waals surface area contributed by atoms with E-state index < -0.39 is 11.7 Å². The van der Waals surface area contributed by atoms with Crippen molar-refractivity contribution in [1.82, 2.24) is 24.8 Å². The molecule has 0 atom stereocenters. The summed E-state index contributed by atoms with van der Waals surface area (Å²) in [5.74, 6) is 0.561. The van der Waals surface area contributed by atoms with E-state index in [1.54, 1.807) is 24.3 Å². The summed E-state index contributed by atoms with van der Waals surface area (Å²) in [6.07, 6.45) is 2.11. The Bertz CT molecular complexity index is 1490. The minimum absolute atomic E-state index is 0.0167. The topological polar surface area (TPSA) is 84.3 Å². The quantitative estimate of drug-likeness (QED) is 0.237. The molecule has 39 heavy (non-hydrogen) atoms. The van der Waals surface area contributed by atoms with Crippen LogP contribution in [-0.4, -0.2) is 52.5 Å². The van der Waals surface area contributed by atoms with Crippen LogP contribution >= 0.6 is 11.6 Å². The summed E-state index contributed by atoms with van der Waals surface area (Å²) in [5.41, 5.74) is 1.21. The van der Waals surface area contributed by atoms with E-state index in [1.807, 2.05) is 35.8 Å². The zero-order valence-corrected chi connectivity index (χ0v) is 21.9. The van der Waals surface area contributed by atoms with Crippen LogP contribution in [0.4, 0.5) is 24.7 Å². The molecular formula is C27H26ClF3N6O2. The lowest BCUT2D eigenvalue weighted by Gasteiger charge is -2.13. The molecule has 0 radical (unpaired) electrons. The summed E-state index contributed by atoms with van der Waals surface area (Å²) in [5, 5.41) is 6.26. The fourth-order valence-electron chi connectivity index (χ4n) is 3.70. The fourth-order valence-corrected chi connectivity index (χ4v) is 3.92. The maximum absolute atomic E-state index is 13.0. The Morgan fingerprint density at radius 3 is 2.72 bits per heavy atom. The Labute approximate surface area is 228 Å². The minimum atomic E-state index is -4.48. The summed E-state index contributed by atoms with van der Waals surface area (Å²) in [4.78, 5) is 22.6. The lowest BCUT2D eigenvalue weighted by Crippen LogP contribution is -2.25. The smallest absolute Gasteiger partial charge is 0.416 e. The minimum Gasteiger partial charge on any atom is -0.456 e. The number of hydrogen-bond donors (Lipinski definition) is 2. The Balaban J connectivity index is 1.45. The van der Waals surface area contributed by atoms with Crippen molar-refractivity contribution in [3.05, 3.63) is 83.8 Å². The van der Waals surface area contributed by atoms with Gasteiger partial charge in [0.05, 0.1) is 16.1 Å². The van der Waals surface area contributed by atoms with E-state index in [1.165, 1.54) is 24.5 Å². The van der Waals surface area contributed by atoms with Gasteiger partial charge in [-0.3, -0.25) is 4.79 Å². The van der Waals surface area contributed by atoms with Gasteiger partial charge in [0, 0.05) is 37.6 Å². The summed E-state index contributed by atoms with van der Waals surface area (Å²) in [6.45, 7) is 1.56. The van der Waals surface area contributed by atoms with Crippen molar-refractivity contribution < 1.29 is 22.7 Å². The number of ether oxygens (including phenoxy) is 1. The lowest BCUT2D eigenvalue weighted by molar-refractivity contribution is -0.137. The molecule has 4 rings (SSSR count). The molecule has 0 fully saturated rings. The van der Waals surface area contributed by atoms with Crippen molar-refractivity contribution in [2.24, 2.45) is 0 Å². The van der Waals surface area contributed by atoms with Crippen molar-refractivity contribution in [3.63, 3.8) is 0 Å². The number of carbonyl (C=O) groups is 1. The van der Waals surface area contributed by atoms with Crippen LogP contribution in [0.15, 0.2) is 73.2 Å². The maximum Gasteiger partial charge on any atom is 0.416 e. The molecule has 0 unspecified atom stereocenters. The van der Waals surface area contributed by atoms with Crippen LogP contribution in [0.1, 0.15) is 5.56 Å². The highest BCUT2D eigenvalue weighted by Gasteiger charge is 2.30. The fraction of sp³-hybridized carbons (Fsp3) is 0.222. The second-order valence-electron chi connectivity index (χ2n) is 8.82. The Kier molecular flexibility index (Phi) is 8.72. The van der Waals surface area contributed by atoms with Crippen LogP contribution in [0.3, 0.4) is 0 Å². The molecule has 204 valence electrons. The maximum atomic E-state index is 13.0. The van der Waals surface area contributed by atoms with Gasteiger partial charge in [-0.2, -0.15) is 13.2 Å². The third-order valence-electron chi connectivity index (χ3n) is 5.53. The van der Waals surface area contributed by atoms with E-state index in [4.69, 9.17) is 16.3 Å². The molecule has 0 bridgehead atoms. The molecule has 2 heterocycles. The predicted molar refractivity (Wildman–Crippen MR) is 144 cm³/mol. The number of nitrogens with one attached hydrogen (secondary N) is 2. The summed E-state index contributed by atoms with van der Waals surface area (Å²) in [6, 6.07) is 11.2. The van der Waals surface area contributed by atoms with Crippen molar-refractivity contribution in [2.75, 3.05) is 32.5 Å². The molecule has 4 aromatic rings. The highest BCUT2D eigenvalue weighted by atomic mass is 35.5. The Hall–Kier alpha value is -4.09. The van der Waals surface area contributed by atoms with Gasteiger partial charge in [0.25, 0.3) is 0 Å². The molecule has 0 spiro atoms. The van der Waals surface area contributed by atoms with Gasteiger partial charge in [-0.15, -0.1) is 0 Å². The molecule has 0 saturated carbocycles. The molecule has 2 aromatic carbocycles. The van der Waals surface area contributed by atoms with E-state index >= 15 is 0 Å². The molecule has 1 amide bonds. The van der Waals surface area contributed by atoms with Gasteiger partial charge >= 0.3 is 6.18 Å². The third-order valence-corrected chi connectivity index (χ3v) is 5.82. The number of nitrogens with zero attached hydrogens (tertiary/aromatic N) is 4. The average molecular weight is 559 g/mol. The van der Waals surface area contributed by atoms with Crippen molar-refractivity contribution in [2.45, 2.75) is 12.7 Å². The van der Waals surface area contributed by atoms with Crippen LogP contribution in [0.25, 0.3) is 11.0 Å². The molecule has 0 saturated heterocycles. The van der Waals surface area contributed by atoms with Gasteiger partial charge in [-0.25, -0.2) is 9.97 Å². The SMILES string of the molecule is CN(C)CC=CC(=O)NCCn1ccc2ncnc(Nc3ccc(Oc4cccc(C(F)(F)F)c4)c(Cl)c3)c21. The van der Waals surface area contributed by atoms with E-state index in [9.17, 15) is 18.0 Å². The highest BCUT2D eigenvalue weighted by Crippen LogP contribution is 2.36. The second-order valence-corrected chi connectivity index (χ2v) is 9.23. The lowest BCUT2D eigenvalue weighted by atomic mass is 10.2. The molecule has 8 nitrogen and oxygen atoms in total. The van der Waals surface area contributed by atoms with E-state index in [-0.39, 0.29) is 22.4 Å². The number of rotatable bonds is 10. The Morgan fingerprint density at radius 2 is 1.97 bits per heavy atom. The standard InChI is InChI=1S/C27H26ClF3N6O2/c1-36(2)12-4-7-24(38)32-11-14-37-13-10-22-25(37)26(34-17-33-22)35-19-8-9-23(21(28)16-19)39-20-6-3-5-18(15-20)27(29,30)31/h3-10,13,15-17H,11-12,14H2,1-2H3,(H,32,38)(H,33,34,35). The number of benzene rings is 2. The summed E-state index contributed by atoms with van der Waals surface area (Å²) < 4.78 is 46.6. The first-order valence-electron chi connectivity index (χ1n) is 11.9. The number of anilines is 2. The molecule has 0 aliphatic heterocycles.